The van der Waals surface area contributed by atoms with Crippen molar-refractivity contribution in [1.82, 2.24) is 14.9 Å². The number of aromatic nitrogens is 2. The Balaban J connectivity index is 1.47. The first-order chi connectivity index (χ1) is 12.5. The molecule has 1 amide bonds. The molecule has 1 saturated heterocycles. The summed E-state index contributed by atoms with van der Waals surface area (Å²) in [5, 5.41) is 0.619. The number of halogens is 1. The van der Waals surface area contributed by atoms with Gasteiger partial charge in [0.25, 0.3) is 5.91 Å². The molecule has 0 unspecified atom stereocenters. The van der Waals surface area contributed by atoms with Crippen molar-refractivity contribution in [2.45, 2.75) is 25.9 Å². The molecule has 2 fully saturated rings. The molecular weight excluding hydrogens is 352 g/mol. The van der Waals surface area contributed by atoms with E-state index in [1.165, 1.54) is 0 Å². The van der Waals surface area contributed by atoms with Crippen LogP contribution in [0.2, 0.25) is 5.02 Å². The van der Waals surface area contributed by atoms with Crippen LogP contribution in [0, 0.1) is 18.8 Å². The third-order valence-corrected chi connectivity index (χ3v) is 5.60. The van der Waals surface area contributed by atoms with Crippen molar-refractivity contribution in [3.8, 4) is 5.75 Å². The second-order valence-electron chi connectivity index (χ2n) is 7.05. The predicted octanol–water partition coefficient (Wildman–Crippen LogP) is 2.95. The lowest BCUT2D eigenvalue weighted by atomic mass is 9.99. The fourth-order valence-corrected chi connectivity index (χ4v) is 4.27. The van der Waals surface area contributed by atoms with Gasteiger partial charge in [-0.15, -0.1) is 0 Å². The molecule has 3 atom stereocenters. The average Bonchev–Trinajstić information content (AvgIpc) is 3.17. The van der Waals surface area contributed by atoms with Crippen molar-refractivity contribution >= 4 is 23.5 Å². The molecule has 136 valence electrons. The van der Waals surface area contributed by atoms with Crippen molar-refractivity contribution in [2.24, 2.45) is 11.8 Å². The molecule has 2 N–H and O–H groups in total. The summed E-state index contributed by atoms with van der Waals surface area (Å²) < 4.78 is 6.18. The molecule has 2 heterocycles. The van der Waals surface area contributed by atoms with Gasteiger partial charge in [0.2, 0.25) is 5.95 Å². The summed E-state index contributed by atoms with van der Waals surface area (Å²) in [5.41, 5.74) is 6.74. The zero-order valence-electron chi connectivity index (χ0n) is 14.6. The van der Waals surface area contributed by atoms with Gasteiger partial charge in [0, 0.05) is 24.7 Å². The Morgan fingerprint density at radius 3 is 2.85 bits per heavy atom. The Labute approximate surface area is 157 Å². The Hall–Kier alpha value is -2.34. The van der Waals surface area contributed by atoms with Gasteiger partial charge in [-0.1, -0.05) is 23.7 Å². The van der Waals surface area contributed by atoms with E-state index in [1.807, 2.05) is 29.2 Å². The number of amides is 1. The molecule has 0 bridgehead atoms. The number of carbonyl (C=O) groups excluding carboxylic acids is 1. The average molecular weight is 373 g/mol. The van der Waals surface area contributed by atoms with E-state index in [9.17, 15) is 4.79 Å². The summed E-state index contributed by atoms with van der Waals surface area (Å²) in [5.74, 6) is 1.52. The summed E-state index contributed by atoms with van der Waals surface area (Å²) in [6, 6.07) is 9.21. The molecule has 2 aliphatic rings. The summed E-state index contributed by atoms with van der Waals surface area (Å²) in [6.45, 7) is 3.21. The lowest BCUT2D eigenvalue weighted by Crippen LogP contribution is -2.33. The number of carbonyl (C=O) groups is 1. The second-order valence-corrected chi connectivity index (χ2v) is 7.46. The highest BCUT2D eigenvalue weighted by atomic mass is 35.5. The molecule has 2 aromatic rings. The number of anilines is 1. The molecule has 4 rings (SSSR count). The van der Waals surface area contributed by atoms with E-state index >= 15 is 0 Å². The SMILES string of the molecule is Cc1cc(C(=O)N2C[C@@H]3CC[C@H](Oc4ccccc4Cl)[C@@H]3C2)nc(N)n1. The van der Waals surface area contributed by atoms with Crippen molar-refractivity contribution in [3.63, 3.8) is 0 Å². The largest absolute Gasteiger partial charge is 0.489 e. The first kappa shape index (κ1) is 17.1. The number of hydrogen-bond acceptors (Lipinski definition) is 5. The molecule has 0 spiro atoms. The second kappa shape index (κ2) is 6.76. The van der Waals surface area contributed by atoms with Gasteiger partial charge in [0.15, 0.2) is 0 Å². The number of nitrogen functional groups attached to an aromatic ring is 1. The molecule has 1 aliphatic heterocycles. The maximum absolute atomic E-state index is 12.8. The lowest BCUT2D eigenvalue weighted by Gasteiger charge is -2.22. The summed E-state index contributed by atoms with van der Waals surface area (Å²) in [4.78, 5) is 22.8. The molecule has 1 aromatic carbocycles. The number of rotatable bonds is 3. The number of para-hydroxylation sites is 1. The van der Waals surface area contributed by atoms with Gasteiger partial charge >= 0.3 is 0 Å². The highest BCUT2D eigenvalue weighted by Crippen LogP contribution is 2.41. The van der Waals surface area contributed by atoms with Gasteiger partial charge in [-0.3, -0.25) is 4.79 Å². The minimum Gasteiger partial charge on any atom is -0.489 e. The number of benzene rings is 1. The number of ether oxygens (including phenoxy) is 1. The molecule has 7 heteroatoms. The quantitative estimate of drug-likeness (QED) is 0.895. The number of hydrogen-bond donors (Lipinski definition) is 1. The van der Waals surface area contributed by atoms with Gasteiger partial charge in [-0.25, -0.2) is 9.97 Å². The number of fused-ring (bicyclic) bond motifs is 1. The van der Waals surface area contributed by atoms with Crippen LogP contribution < -0.4 is 10.5 Å². The zero-order valence-corrected chi connectivity index (χ0v) is 15.3. The lowest BCUT2D eigenvalue weighted by molar-refractivity contribution is 0.0756. The van der Waals surface area contributed by atoms with Gasteiger partial charge < -0.3 is 15.4 Å². The summed E-state index contributed by atoms with van der Waals surface area (Å²) >= 11 is 6.22. The van der Waals surface area contributed by atoms with Crippen LogP contribution >= 0.6 is 11.6 Å². The minimum atomic E-state index is -0.0897. The molecule has 1 aromatic heterocycles. The third-order valence-electron chi connectivity index (χ3n) is 5.28. The van der Waals surface area contributed by atoms with Gasteiger partial charge in [-0.2, -0.15) is 0 Å². The zero-order chi connectivity index (χ0) is 18.3. The van der Waals surface area contributed by atoms with Crippen molar-refractivity contribution in [2.75, 3.05) is 18.8 Å². The van der Waals surface area contributed by atoms with E-state index in [1.54, 1.807) is 13.0 Å². The third kappa shape index (κ3) is 3.21. The Kier molecular flexibility index (Phi) is 4.44. The van der Waals surface area contributed by atoms with Gasteiger partial charge in [-0.05, 0) is 43.9 Å². The van der Waals surface area contributed by atoms with E-state index < -0.39 is 0 Å². The highest BCUT2D eigenvalue weighted by molar-refractivity contribution is 6.32. The highest BCUT2D eigenvalue weighted by Gasteiger charge is 2.45. The topological polar surface area (TPSA) is 81.3 Å². The molecule has 6 nitrogen and oxygen atoms in total. The van der Waals surface area contributed by atoms with Gasteiger partial charge in [0.05, 0.1) is 5.02 Å². The van der Waals surface area contributed by atoms with E-state index in [2.05, 4.69) is 9.97 Å². The standard InChI is InChI=1S/C19H21ClN4O2/c1-11-8-15(23-19(21)22-11)18(25)24-9-12-6-7-16(13(12)10-24)26-17-5-3-2-4-14(17)20/h2-5,8,12-13,16H,6-7,9-10H2,1H3,(H2,21,22,23)/t12-,13+,16-/m0/s1. The van der Waals surface area contributed by atoms with Crippen LogP contribution in [0.25, 0.3) is 0 Å². The Morgan fingerprint density at radius 2 is 2.08 bits per heavy atom. The molecule has 26 heavy (non-hydrogen) atoms. The fourth-order valence-electron chi connectivity index (χ4n) is 4.09. The number of aryl methyl sites for hydroxylation is 1. The van der Waals surface area contributed by atoms with Crippen LogP contribution in [-0.4, -0.2) is 40.0 Å². The van der Waals surface area contributed by atoms with Crippen LogP contribution in [0.3, 0.4) is 0 Å². The Morgan fingerprint density at radius 1 is 1.27 bits per heavy atom. The minimum absolute atomic E-state index is 0.0786. The molecular formula is C19H21ClN4O2. The van der Waals surface area contributed by atoms with Crippen LogP contribution in [-0.2, 0) is 0 Å². The smallest absolute Gasteiger partial charge is 0.272 e. The molecule has 1 aliphatic carbocycles. The van der Waals surface area contributed by atoms with Crippen molar-refractivity contribution < 1.29 is 9.53 Å². The van der Waals surface area contributed by atoms with E-state index in [0.717, 1.165) is 19.4 Å². The number of nitrogens with two attached hydrogens (primary N) is 1. The predicted molar refractivity (Wildman–Crippen MR) is 99.2 cm³/mol. The maximum atomic E-state index is 12.8. The van der Waals surface area contributed by atoms with Crippen molar-refractivity contribution in [3.05, 3.63) is 46.7 Å². The fraction of sp³-hybridized carbons (Fsp3) is 0.421. The maximum Gasteiger partial charge on any atom is 0.272 e. The summed E-state index contributed by atoms with van der Waals surface area (Å²) in [7, 11) is 0. The van der Waals surface area contributed by atoms with Crippen LogP contribution in [0.1, 0.15) is 29.0 Å². The van der Waals surface area contributed by atoms with E-state index in [-0.39, 0.29) is 18.0 Å². The van der Waals surface area contributed by atoms with Crippen LogP contribution in [0.15, 0.2) is 30.3 Å². The molecule has 0 radical (unpaired) electrons. The summed E-state index contributed by atoms with van der Waals surface area (Å²) in [6.07, 6.45) is 2.12. The number of nitrogens with zero attached hydrogens (tertiary/aromatic N) is 3. The van der Waals surface area contributed by atoms with E-state index in [0.29, 0.717) is 40.5 Å². The van der Waals surface area contributed by atoms with Crippen molar-refractivity contribution in [1.29, 1.82) is 0 Å². The molecule has 1 saturated carbocycles. The monoisotopic (exact) mass is 372 g/mol. The van der Waals surface area contributed by atoms with Crippen LogP contribution in [0.4, 0.5) is 5.95 Å². The number of likely N-dealkylation sites (tertiary alicyclic amines) is 1. The normalized spacial score (nSPS) is 24.5. The van der Waals surface area contributed by atoms with Gasteiger partial charge in [0.1, 0.15) is 17.5 Å². The first-order valence-corrected chi connectivity index (χ1v) is 9.20. The Bertz CT molecular complexity index is 824. The first-order valence-electron chi connectivity index (χ1n) is 8.83. The van der Waals surface area contributed by atoms with E-state index in [4.69, 9.17) is 22.1 Å². The van der Waals surface area contributed by atoms with Crippen LogP contribution in [0.5, 0.6) is 5.75 Å².